The number of nitrogens with one attached hydrogen (secondary N) is 1. The maximum atomic E-state index is 4.41. The number of hydrogen-bond acceptors (Lipinski definition) is 2. The van der Waals surface area contributed by atoms with Crippen molar-refractivity contribution in [2.24, 2.45) is 5.41 Å². The first kappa shape index (κ1) is 13.2. The molecule has 0 aliphatic carbocycles. The third-order valence-electron chi connectivity index (χ3n) is 2.73. The number of hydrogen-bond donors (Lipinski definition) is 1. The Morgan fingerprint density at radius 3 is 2.75 bits per heavy atom. The van der Waals surface area contributed by atoms with Gasteiger partial charge in [-0.25, -0.2) is 4.98 Å². The Balaban J connectivity index is 2.60. The second-order valence-electron chi connectivity index (χ2n) is 5.17. The summed E-state index contributed by atoms with van der Waals surface area (Å²) in [7, 11) is 0. The van der Waals surface area contributed by atoms with Crippen molar-refractivity contribution in [3.63, 3.8) is 0 Å². The van der Waals surface area contributed by atoms with E-state index in [1.165, 1.54) is 5.82 Å². The van der Waals surface area contributed by atoms with Crippen LogP contribution in [0.4, 0.5) is 0 Å². The monoisotopic (exact) mass is 223 g/mol. The molecule has 1 aromatic heterocycles. The number of rotatable bonds is 7. The van der Waals surface area contributed by atoms with Crippen molar-refractivity contribution in [1.29, 1.82) is 0 Å². The molecule has 0 fully saturated rings. The molecule has 92 valence electrons. The van der Waals surface area contributed by atoms with E-state index in [1.807, 2.05) is 6.20 Å². The van der Waals surface area contributed by atoms with Gasteiger partial charge in [-0.05, 0) is 18.4 Å². The summed E-state index contributed by atoms with van der Waals surface area (Å²) in [5.41, 5.74) is 0.277. The SMILES string of the molecule is CCCc1nccn1CC(C)(C)CNCC. The van der Waals surface area contributed by atoms with E-state index in [2.05, 4.69) is 48.8 Å². The lowest BCUT2D eigenvalue weighted by Crippen LogP contribution is -2.33. The van der Waals surface area contributed by atoms with Gasteiger partial charge in [0.1, 0.15) is 5.82 Å². The maximum Gasteiger partial charge on any atom is 0.108 e. The van der Waals surface area contributed by atoms with Crippen molar-refractivity contribution in [3.8, 4) is 0 Å². The molecule has 0 unspecified atom stereocenters. The standard InChI is InChI=1S/C13H25N3/c1-5-7-12-15-8-9-16(12)11-13(3,4)10-14-6-2/h8-9,14H,5-7,10-11H2,1-4H3. The fourth-order valence-corrected chi connectivity index (χ4v) is 1.92. The van der Waals surface area contributed by atoms with Gasteiger partial charge in [0.2, 0.25) is 0 Å². The molecule has 1 aromatic rings. The highest BCUT2D eigenvalue weighted by Gasteiger charge is 2.18. The lowest BCUT2D eigenvalue weighted by molar-refractivity contribution is 0.288. The molecule has 0 spiro atoms. The molecule has 0 radical (unpaired) electrons. The molecule has 3 heteroatoms. The molecule has 0 aromatic carbocycles. The fourth-order valence-electron chi connectivity index (χ4n) is 1.92. The molecular weight excluding hydrogens is 198 g/mol. The van der Waals surface area contributed by atoms with Gasteiger partial charge in [0, 0.05) is 31.9 Å². The third-order valence-corrected chi connectivity index (χ3v) is 2.73. The van der Waals surface area contributed by atoms with Crippen LogP contribution in [0.3, 0.4) is 0 Å². The van der Waals surface area contributed by atoms with E-state index in [1.54, 1.807) is 0 Å². The van der Waals surface area contributed by atoms with Crippen molar-refractivity contribution in [1.82, 2.24) is 14.9 Å². The number of imidazole rings is 1. The summed E-state index contributed by atoms with van der Waals surface area (Å²) in [6, 6.07) is 0. The van der Waals surface area contributed by atoms with E-state index >= 15 is 0 Å². The van der Waals surface area contributed by atoms with Crippen LogP contribution in [0.25, 0.3) is 0 Å². The van der Waals surface area contributed by atoms with Crippen LogP contribution in [-0.4, -0.2) is 22.6 Å². The van der Waals surface area contributed by atoms with Gasteiger partial charge in [0.25, 0.3) is 0 Å². The minimum Gasteiger partial charge on any atom is -0.334 e. The van der Waals surface area contributed by atoms with Gasteiger partial charge in [0.05, 0.1) is 0 Å². The smallest absolute Gasteiger partial charge is 0.108 e. The zero-order valence-electron chi connectivity index (χ0n) is 11.1. The number of aromatic nitrogens is 2. The van der Waals surface area contributed by atoms with Crippen LogP contribution >= 0.6 is 0 Å². The highest BCUT2D eigenvalue weighted by molar-refractivity contribution is 4.94. The van der Waals surface area contributed by atoms with Crippen molar-refractivity contribution >= 4 is 0 Å². The summed E-state index contributed by atoms with van der Waals surface area (Å²) in [4.78, 5) is 4.41. The zero-order valence-corrected chi connectivity index (χ0v) is 11.1. The third kappa shape index (κ3) is 3.97. The van der Waals surface area contributed by atoms with Gasteiger partial charge in [0.15, 0.2) is 0 Å². The minimum absolute atomic E-state index is 0.277. The van der Waals surface area contributed by atoms with Crippen LogP contribution in [0.2, 0.25) is 0 Å². The fraction of sp³-hybridized carbons (Fsp3) is 0.769. The summed E-state index contributed by atoms with van der Waals surface area (Å²) < 4.78 is 2.29. The second kappa shape index (κ2) is 6.04. The summed E-state index contributed by atoms with van der Waals surface area (Å²) in [5.74, 6) is 1.21. The predicted molar refractivity (Wildman–Crippen MR) is 68.5 cm³/mol. The number of aryl methyl sites for hydroxylation is 1. The molecule has 1 N–H and O–H groups in total. The number of nitrogens with zero attached hydrogens (tertiary/aromatic N) is 2. The van der Waals surface area contributed by atoms with Crippen LogP contribution in [0.1, 0.15) is 39.9 Å². The minimum atomic E-state index is 0.277. The van der Waals surface area contributed by atoms with Crippen molar-refractivity contribution < 1.29 is 0 Å². The quantitative estimate of drug-likeness (QED) is 0.769. The molecule has 0 aliphatic rings. The molecule has 0 aliphatic heterocycles. The van der Waals surface area contributed by atoms with E-state index in [9.17, 15) is 0 Å². The van der Waals surface area contributed by atoms with E-state index < -0.39 is 0 Å². The average Bonchev–Trinajstić information content (AvgIpc) is 2.63. The first-order valence-electron chi connectivity index (χ1n) is 6.30. The normalized spacial score (nSPS) is 12.0. The maximum absolute atomic E-state index is 4.41. The molecule has 0 bridgehead atoms. The van der Waals surface area contributed by atoms with Crippen LogP contribution < -0.4 is 5.32 Å². The molecule has 1 heterocycles. The van der Waals surface area contributed by atoms with Crippen LogP contribution in [0.5, 0.6) is 0 Å². The summed E-state index contributed by atoms with van der Waals surface area (Å²) in [6.45, 7) is 12.1. The molecule has 16 heavy (non-hydrogen) atoms. The Labute approximate surface area is 99.3 Å². The van der Waals surface area contributed by atoms with Gasteiger partial charge in [-0.2, -0.15) is 0 Å². The van der Waals surface area contributed by atoms with Gasteiger partial charge in [-0.15, -0.1) is 0 Å². The highest BCUT2D eigenvalue weighted by atomic mass is 15.1. The second-order valence-corrected chi connectivity index (χ2v) is 5.17. The van der Waals surface area contributed by atoms with Gasteiger partial charge >= 0.3 is 0 Å². The molecule has 0 saturated heterocycles. The van der Waals surface area contributed by atoms with Gasteiger partial charge < -0.3 is 9.88 Å². The summed E-state index contributed by atoms with van der Waals surface area (Å²) in [6.07, 6.45) is 6.24. The summed E-state index contributed by atoms with van der Waals surface area (Å²) >= 11 is 0. The molecule has 3 nitrogen and oxygen atoms in total. The van der Waals surface area contributed by atoms with Crippen molar-refractivity contribution in [3.05, 3.63) is 18.2 Å². The van der Waals surface area contributed by atoms with E-state index in [0.29, 0.717) is 0 Å². The van der Waals surface area contributed by atoms with E-state index in [4.69, 9.17) is 0 Å². The molecule has 0 saturated carbocycles. The van der Waals surface area contributed by atoms with Gasteiger partial charge in [-0.3, -0.25) is 0 Å². The molecule has 0 amide bonds. The first-order chi connectivity index (χ1) is 7.59. The summed E-state index contributed by atoms with van der Waals surface area (Å²) in [5, 5.41) is 3.42. The Bertz CT molecular complexity index is 302. The topological polar surface area (TPSA) is 29.9 Å². The highest BCUT2D eigenvalue weighted by Crippen LogP contribution is 2.18. The van der Waals surface area contributed by atoms with Crippen LogP contribution in [0.15, 0.2) is 12.4 Å². The van der Waals surface area contributed by atoms with Crippen LogP contribution in [0, 0.1) is 5.41 Å². The largest absolute Gasteiger partial charge is 0.334 e. The predicted octanol–water partition coefficient (Wildman–Crippen LogP) is 2.47. The van der Waals surface area contributed by atoms with Crippen molar-refractivity contribution in [2.45, 2.75) is 47.1 Å². The Morgan fingerprint density at radius 2 is 2.12 bits per heavy atom. The van der Waals surface area contributed by atoms with Crippen LogP contribution in [-0.2, 0) is 13.0 Å². The Kier molecular flexibility index (Phi) is 5.00. The zero-order chi connectivity index (χ0) is 12.0. The lowest BCUT2D eigenvalue weighted by Gasteiger charge is -2.26. The molecular formula is C13H25N3. The Hall–Kier alpha value is -0.830. The molecule has 1 rings (SSSR count). The Morgan fingerprint density at radius 1 is 1.38 bits per heavy atom. The average molecular weight is 223 g/mol. The van der Waals surface area contributed by atoms with Gasteiger partial charge in [-0.1, -0.05) is 27.7 Å². The van der Waals surface area contributed by atoms with E-state index in [0.717, 1.165) is 32.5 Å². The molecule has 0 atom stereocenters. The van der Waals surface area contributed by atoms with E-state index in [-0.39, 0.29) is 5.41 Å². The lowest BCUT2D eigenvalue weighted by atomic mass is 9.93. The first-order valence-corrected chi connectivity index (χ1v) is 6.30. The van der Waals surface area contributed by atoms with Crippen molar-refractivity contribution in [2.75, 3.05) is 13.1 Å².